The lowest BCUT2D eigenvalue weighted by atomic mass is 10.0. The van der Waals surface area contributed by atoms with Crippen LogP contribution in [0.5, 0.6) is 0 Å². The summed E-state index contributed by atoms with van der Waals surface area (Å²) in [5.41, 5.74) is 1.31. The second-order valence-electron chi connectivity index (χ2n) is 5.82. The van der Waals surface area contributed by atoms with E-state index in [1.165, 1.54) is 25.5 Å². The Morgan fingerprint density at radius 3 is 2.22 bits per heavy atom. The minimum absolute atomic E-state index is 0.0000351. The molecule has 0 bridgehead atoms. The third-order valence-corrected chi connectivity index (χ3v) is 6.12. The number of anilines is 1. The number of amidine groups is 1. The summed E-state index contributed by atoms with van der Waals surface area (Å²) in [4.78, 5) is 12.3. The van der Waals surface area contributed by atoms with Crippen molar-refractivity contribution < 1.29 is 16.8 Å². The minimum Gasteiger partial charge on any atom is -0.241 e. The van der Waals surface area contributed by atoms with Crippen molar-refractivity contribution in [2.75, 3.05) is 30.5 Å². The highest BCUT2D eigenvalue weighted by molar-refractivity contribution is 7.92. The van der Waals surface area contributed by atoms with E-state index in [2.05, 4.69) is 25.2 Å². The quantitative estimate of drug-likeness (QED) is 0.727. The summed E-state index contributed by atoms with van der Waals surface area (Å²) in [7, 11) is -5.71. The van der Waals surface area contributed by atoms with E-state index >= 15 is 0 Å². The van der Waals surface area contributed by atoms with Crippen LogP contribution in [0.2, 0.25) is 0 Å². The molecule has 1 aromatic heterocycles. The van der Waals surface area contributed by atoms with E-state index in [0.717, 1.165) is 16.8 Å². The van der Waals surface area contributed by atoms with E-state index < -0.39 is 19.9 Å². The van der Waals surface area contributed by atoms with E-state index in [9.17, 15) is 16.8 Å². The highest BCUT2D eigenvalue weighted by Gasteiger charge is 2.23. The second kappa shape index (κ2) is 6.78. The fourth-order valence-corrected chi connectivity index (χ4v) is 3.73. The van der Waals surface area contributed by atoms with Gasteiger partial charge in [-0.3, -0.25) is 0 Å². The Balaban J connectivity index is 2.16. The summed E-state index contributed by atoms with van der Waals surface area (Å²) in [5, 5.41) is 7.71. The van der Waals surface area contributed by atoms with E-state index in [0.29, 0.717) is 16.7 Å². The maximum absolute atomic E-state index is 12.2. The number of nitrogens with zero attached hydrogens (tertiary/aromatic N) is 6. The van der Waals surface area contributed by atoms with Crippen LogP contribution in [-0.2, 0) is 19.9 Å². The Bertz CT molecular complexity index is 1160. The molecule has 142 valence electrons. The molecule has 1 aliphatic rings. The van der Waals surface area contributed by atoms with Gasteiger partial charge in [0.25, 0.3) is 0 Å². The molecule has 0 saturated heterocycles. The molecule has 1 aromatic carbocycles. The zero-order valence-corrected chi connectivity index (χ0v) is 16.4. The third-order valence-electron chi connectivity index (χ3n) is 3.83. The van der Waals surface area contributed by atoms with Crippen LogP contribution < -0.4 is 4.31 Å². The van der Waals surface area contributed by atoms with Crippen LogP contribution in [0.15, 0.2) is 50.7 Å². The molecule has 0 radical (unpaired) electrons. The van der Waals surface area contributed by atoms with E-state index in [1.807, 2.05) is 0 Å². The molecule has 3 rings (SSSR count). The van der Waals surface area contributed by atoms with Crippen LogP contribution in [0.1, 0.15) is 5.56 Å². The summed E-state index contributed by atoms with van der Waals surface area (Å²) >= 11 is 0. The standard InChI is InChI=1S/C15H16N6O4S2/c1-21(27(3,24)25)15-16-7-10(8-17-15)11-5-4-6-12(26(2,22)23)13(11)14-18-9-19-20-14/h4-8H,9H2,1-3H3. The van der Waals surface area contributed by atoms with Crippen molar-refractivity contribution in [3.8, 4) is 11.1 Å². The largest absolute Gasteiger partial charge is 0.241 e. The summed E-state index contributed by atoms with van der Waals surface area (Å²) in [6, 6.07) is 4.76. The molecule has 2 heterocycles. The average Bonchev–Trinajstić information content (AvgIpc) is 3.13. The lowest BCUT2D eigenvalue weighted by molar-refractivity contribution is 0.598. The molecular weight excluding hydrogens is 392 g/mol. The van der Waals surface area contributed by atoms with Gasteiger partial charge in [-0.1, -0.05) is 12.1 Å². The lowest BCUT2D eigenvalue weighted by Gasteiger charge is -2.15. The number of sulfone groups is 1. The molecule has 0 saturated carbocycles. The van der Waals surface area contributed by atoms with Crippen molar-refractivity contribution in [2.24, 2.45) is 15.2 Å². The summed E-state index contributed by atoms with van der Waals surface area (Å²) in [6.45, 7) is 0.126. The average molecular weight is 408 g/mol. The fraction of sp³-hybridized carbons (Fsp3) is 0.267. The topological polar surface area (TPSA) is 134 Å². The van der Waals surface area contributed by atoms with Crippen molar-refractivity contribution in [3.63, 3.8) is 0 Å². The number of azo groups is 1. The SMILES string of the molecule is CN(c1ncc(-c2cccc(S(C)(=O)=O)c2C2=NCN=N2)cn1)S(C)(=O)=O. The molecular formula is C15H16N6O4S2. The monoisotopic (exact) mass is 408 g/mol. The molecule has 0 spiro atoms. The van der Waals surface area contributed by atoms with Gasteiger partial charge in [0, 0.05) is 36.8 Å². The molecule has 0 amide bonds. The Morgan fingerprint density at radius 1 is 1.04 bits per heavy atom. The van der Waals surface area contributed by atoms with Gasteiger partial charge in [-0.2, -0.15) is 5.11 Å². The van der Waals surface area contributed by atoms with Crippen molar-refractivity contribution in [2.45, 2.75) is 4.90 Å². The van der Waals surface area contributed by atoms with Gasteiger partial charge in [0.2, 0.25) is 16.0 Å². The minimum atomic E-state index is -3.55. The third kappa shape index (κ3) is 3.85. The Hall–Kier alpha value is -2.73. The number of rotatable bonds is 5. The maximum Gasteiger partial charge on any atom is 0.238 e. The first kappa shape index (κ1) is 19.0. The van der Waals surface area contributed by atoms with Crippen molar-refractivity contribution in [1.82, 2.24) is 9.97 Å². The second-order valence-corrected chi connectivity index (χ2v) is 9.82. The van der Waals surface area contributed by atoms with Gasteiger partial charge in [-0.15, -0.1) is 5.11 Å². The van der Waals surface area contributed by atoms with Crippen molar-refractivity contribution in [1.29, 1.82) is 0 Å². The van der Waals surface area contributed by atoms with Crippen LogP contribution in [0.25, 0.3) is 11.1 Å². The van der Waals surface area contributed by atoms with Crippen LogP contribution in [0.3, 0.4) is 0 Å². The zero-order chi connectivity index (χ0) is 19.8. The van der Waals surface area contributed by atoms with Crippen LogP contribution in [0.4, 0.5) is 5.95 Å². The number of hydrogen-bond donors (Lipinski definition) is 0. The molecule has 10 nitrogen and oxygen atoms in total. The van der Waals surface area contributed by atoms with Gasteiger partial charge in [-0.25, -0.2) is 36.1 Å². The Morgan fingerprint density at radius 2 is 1.70 bits per heavy atom. The highest BCUT2D eigenvalue weighted by atomic mass is 32.2. The Kier molecular flexibility index (Phi) is 4.78. The van der Waals surface area contributed by atoms with E-state index in [1.54, 1.807) is 12.1 Å². The fourth-order valence-electron chi connectivity index (χ4n) is 2.44. The van der Waals surface area contributed by atoms with Crippen LogP contribution >= 0.6 is 0 Å². The summed E-state index contributed by atoms with van der Waals surface area (Å²) in [5.74, 6) is 0.211. The molecule has 0 fully saturated rings. The van der Waals surface area contributed by atoms with Crippen LogP contribution in [-0.4, -0.2) is 58.9 Å². The number of hydrogen-bond acceptors (Lipinski definition) is 9. The predicted molar refractivity (Wildman–Crippen MR) is 100 cm³/mol. The number of aliphatic imine (C=N–C) groups is 1. The Labute approximate surface area is 156 Å². The molecule has 12 heteroatoms. The van der Waals surface area contributed by atoms with Gasteiger partial charge in [0.05, 0.1) is 11.2 Å². The zero-order valence-electron chi connectivity index (χ0n) is 14.7. The molecule has 1 aliphatic heterocycles. The molecule has 27 heavy (non-hydrogen) atoms. The van der Waals surface area contributed by atoms with Crippen LogP contribution in [0, 0.1) is 0 Å². The first-order valence-corrected chi connectivity index (χ1v) is 11.3. The molecule has 2 aromatic rings. The maximum atomic E-state index is 12.2. The molecule has 0 atom stereocenters. The normalized spacial score (nSPS) is 14.3. The summed E-state index contributed by atoms with van der Waals surface area (Å²) in [6.07, 6.45) is 4.98. The van der Waals surface area contributed by atoms with Gasteiger partial charge in [0.1, 0.15) is 0 Å². The molecule has 0 unspecified atom stereocenters. The first-order valence-electron chi connectivity index (χ1n) is 7.61. The first-order chi connectivity index (χ1) is 12.6. The van der Waals surface area contributed by atoms with Gasteiger partial charge < -0.3 is 0 Å². The number of sulfonamides is 1. The van der Waals surface area contributed by atoms with Gasteiger partial charge in [0.15, 0.2) is 22.3 Å². The van der Waals surface area contributed by atoms with E-state index in [-0.39, 0.29) is 23.3 Å². The highest BCUT2D eigenvalue weighted by Crippen LogP contribution is 2.30. The van der Waals surface area contributed by atoms with Crippen molar-refractivity contribution >= 4 is 31.6 Å². The smallest absolute Gasteiger partial charge is 0.238 e. The van der Waals surface area contributed by atoms with Gasteiger partial charge >= 0.3 is 0 Å². The summed E-state index contributed by atoms with van der Waals surface area (Å²) < 4.78 is 48.6. The van der Waals surface area contributed by atoms with Crippen molar-refractivity contribution in [3.05, 3.63) is 36.2 Å². The van der Waals surface area contributed by atoms with Gasteiger partial charge in [-0.05, 0) is 11.6 Å². The predicted octanol–water partition coefficient (Wildman–Crippen LogP) is 1.11. The number of aromatic nitrogens is 2. The lowest BCUT2D eigenvalue weighted by Crippen LogP contribution is -2.26. The van der Waals surface area contributed by atoms with E-state index in [4.69, 9.17) is 0 Å². The molecule has 0 N–H and O–H groups in total. The molecule has 0 aliphatic carbocycles. The number of benzene rings is 1.